The summed E-state index contributed by atoms with van der Waals surface area (Å²) in [6.07, 6.45) is 5.89. The minimum Gasteiger partial charge on any atom is -0.721 e. The standard InChI is InChI=1S/C8H6N6O/c15-14(8-11-5-2-6-12-8)13-7-9-3-1-4-10-7/h1-6H. The van der Waals surface area contributed by atoms with Crippen LogP contribution in [0.15, 0.2) is 42.0 Å². The van der Waals surface area contributed by atoms with Crippen LogP contribution in [0.25, 0.3) is 0 Å². The fraction of sp³-hybridized carbons (Fsp3) is 0. The first kappa shape index (κ1) is 9.13. The average molecular weight is 202 g/mol. The molecule has 2 heterocycles. The zero-order valence-corrected chi connectivity index (χ0v) is 7.56. The fourth-order valence-corrected chi connectivity index (χ4v) is 0.859. The van der Waals surface area contributed by atoms with Gasteiger partial charge in [0, 0.05) is 18.5 Å². The molecule has 74 valence electrons. The van der Waals surface area contributed by atoms with Gasteiger partial charge in [0.05, 0.1) is 0 Å². The molecule has 0 aliphatic heterocycles. The molecule has 0 aromatic carbocycles. The Labute approximate surface area is 84.8 Å². The van der Waals surface area contributed by atoms with Gasteiger partial charge in [-0.1, -0.05) is 15.1 Å². The van der Waals surface area contributed by atoms with Gasteiger partial charge in [-0.15, -0.1) is 4.86 Å². The minimum absolute atomic E-state index is 0.0510. The molecule has 0 spiro atoms. The number of hydrogen-bond acceptors (Lipinski definition) is 6. The molecule has 0 saturated carbocycles. The molecule has 2 aromatic rings. The molecule has 7 nitrogen and oxygen atoms in total. The van der Waals surface area contributed by atoms with Crippen LogP contribution >= 0.6 is 0 Å². The van der Waals surface area contributed by atoms with Crippen LogP contribution in [0.1, 0.15) is 0 Å². The molecular weight excluding hydrogens is 196 g/mol. The average Bonchev–Trinajstić information content (AvgIpc) is 2.31. The Morgan fingerprint density at radius 3 is 2.07 bits per heavy atom. The van der Waals surface area contributed by atoms with Crippen molar-refractivity contribution >= 4 is 11.9 Å². The van der Waals surface area contributed by atoms with Gasteiger partial charge in [-0.2, -0.15) is 0 Å². The van der Waals surface area contributed by atoms with E-state index in [0.717, 1.165) is 0 Å². The van der Waals surface area contributed by atoms with Crippen molar-refractivity contribution in [3.05, 3.63) is 42.1 Å². The zero-order chi connectivity index (χ0) is 10.5. The molecule has 0 saturated heterocycles. The Morgan fingerprint density at radius 2 is 1.47 bits per heavy atom. The highest BCUT2D eigenvalue weighted by molar-refractivity contribution is 5.10. The van der Waals surface area contributed by atoms with E-state index in [2.05, 4.69) is 25.1 Å². The third kappa shape index (κ3) is 2.27. The zero-order valence-electron chi connectivity index (χ0n) is 7.56. The minimum atomic E-state index is -0.0510. The van der Waals surface area contributed by atoms with Crippen LogP contribution in [0.4, 0.5) is 11.9 Å². The number of azo groups is 1. The van der Waals surface area contributed by atoms with Crippen LogP contribution in [0.5, 0.6) is 0 Å². The van der Waals surface area contributed by atoms with Crippen molar-refractivity contribution in [2.24, 2.45) is 5.11 Å². The summed E-state index contributed by atoms with van der Waals surface area (Å²) < 4.78 is 0. The number of aromatic nitrogens is 4. The van der Waals surface area contributed by atoms with E-state index < -0.39 is 0 Å². The van der Waals surface area contributed by atoms with Crippen LogP contribution in [0.3, 0.4) is 0 Å². The van der Waals surface area contributed by atoms with Gasteiger partial charge in [0.1, 0.15) is 12.4 Å². The highest BCUT2D eigenvalue weighted by Crippen LogP contribution is 2.06. The Hall–Kier alpha value is -2.44. The van der Waals surface area contributed by atoms with Crippen molar-refractivity contribution in [1.82, 2.24) is 19.9 Å². The van der Waals surface area contributed by atoms with E-state index in [1.807, 2.05) is 0 Å². The fourth-order valence-electron chi connectivity index (χ4n) is 0.859. The van der Waals surface area contributed by atoms with Crippen LogP contribution in [-0.4, -0.2) is 24.8 Å². The largest absolute Gasteiger partial charge is 0.721 e. The highest BCUT2D eigenvalue weighted by Gasteiger charge is 2.04. The SMILES string of the molecule is [O-][N+](=Nc1ncccn1)c1ncccn1. The van der Waals surface area contributed by atoms with E-state index in [4.69, 9.17) is 0 Å². The molecule has 0 fully saturated rings. The summed E-state index contributed by atoms with van der Waals surface area (Å²) >= 11 is 0. The van der Waals surface area contributed by atoms with Crippen molar-refractivity contribution in [1.29, 1.82) is 0 Å². The Kier molecular flexibility index (Phi) is 2.54. The lowest BCUT2D eigenvalue weighted by molar-refractivity contribution is -0.444. The second-order valence-corrected chi connectivity index (χ2v) is 2.47. The summed E-state index contributed by atoms with van der Waals surface area (Å²) in [5.74, 6) is 0.0184. The van der Waals surface area contributed by atoms with E-state index in [1.165, 1.54) is 24.8 Å². The Morgan fingerprint density at radius 1 is 0.933 bits per heavy atom. The monoisotopic (exact) mass is 202 g/mol. The molecule has 15 heavy (non-hydrogen) atoms. The second kappa shape index (κ2) is 4.18. The maximum absolute atomic E-state index is 11.4. The van der Waals surface area contributed by atoms with Crippen molar-refractivity contribution in [3.63, 3.8) is 0 Å². The van der Waals surface area contributed by atoms with Gasteiger partial charge in [-0.3, -0.25) is 0 Å². The van der Waals surface area contributed by atoms with Crippen molar-refractivity contribution in [2.75, 3.05) is 0 Å². The molecule has 0 aliphatic rings. The van der Waals surface area contributed by atoms with Crippen molar-refractivity contribution in [3.8, 4) is 0 Å². The quantitative estimate of drug-likeness (QED) is 0.414. The second-order valence-electron chi connectivity index (χ2n) is 2.47. The maximum atomic E-state index is 11.4. The third-order valence-electron chi connectivity index (χ3n) is 1.46. The van der Waals surface area contributed by atoms with Gasteiger partial charge >= 0.3 is 5.95 Å². The lowest BCUT2D eigenvalue weighted by Crippen LogP contribution is -1.96. The van der Waals surface area contributed by atoms with Crippen LogP contribution in [0, 0.1) is 5.21 Å². The van der Waals surface area contributed by atoms with Crippen molar-refractivity contribution < 1.29 is 4.86 Å². The lowest BCUT2D eigenvalue weighted by atomic mass is 10.7. The predicted molar refractivity (Wildman–Crippen MR) is 49.4 cm³/mol. The first-order chi connectivity index (χ1) is 7.36. The van der Waals surface area contributed by atoms with E-state index in [9.17, 15) is 5.21 Å². The van der Waals surface area contributed by atoms with Gasteiger partial charge in [-0.25, -0.2) is 9.97 Å². The molecule has 0 amide bonds. The number of rotatable bonds is 2. The van der Waals surface area contributed by atoms with Crippen LogP contribution in [0.2, 0.25) is 0 Å². The summed E-state index contributed by atoms with van der Waals surface area (Å²) in [7, 11) is 0. The number of hydrogen-bond donors (Lipinski definition) is 0. The molecule has 0 unspecified atom stereocenters. The first-order valence-electron chi connectivity index (χ1n) is 4.09. The highest BCUT2D eigenvalue weighted by atomic mass is 16.5. The molecule has 7 heteroatoms. The maximum Gasteiger partial charge on any atom is 0.453 e. The summed E-state index contributed by atoms with van der Waals surface area (Å²) in [5, 5.41) is 14.9. The summed E-state index contributed by atoms with van der Waals surface area (Å²) in [5.41, 5.74) is 0. The molecule has 2 rings (SSSR count). The summed E-state index contributed by atoms with van der Waals surface area (Å²) in [6.45, 7) is 0. The first-order valence-corrected chi connectivity index (χ1v) is 4.09. The topological polar surface area (TPSA) is 90.0 Å². The molecular formula is C8H6N6O. The van der Waals surface area contributed by atoms with E-state index in [0.29, 0.717) is 0 Å². The lowest BCUT2D eigenvalue weighted by Gasteiger charge is -2.00. The summed E-state index contributed by atoms with van der Waals surface area (Å²) in [6, 6.07) is 3.24. The summed E-state index contributed by atoms with van der Waals surface area (Å²) in [4.78, 5) is 15.3. The van der Waals surface area contributed by atoms with Gasteiger partial charge in [0.2, 0.25) is 0 Å². The van der Waals surface area contributed by atoms with Crippen LogP contribution in [-0.2, 0) is 0 Å². The van der Waals surface area contributed by atoms with Gasteiger partial charge in [-0.05, 0) is 6.07 Å². The van der Waals surface area contributed by atoms with E-state index >= 15 is 0 Å². The van der Waals surface area contributed by atoms with Crippen molar-refractivity contribution in [2.45, 2.75) is 0 Å². The van der Waals surface area contributed by atoms with E-state index in [1.54, 1.807) is 12.1 Å². The molecule has 0 bridgehead atoms. The molecule has 0 aliphatic carbocycles. The normalized spacial score (nSPS) is 11.3. The molecule has 0 radical (unpaired) electrons. The molecule has 0 N–H and O–H groups in total. The third-order valence-corrected chi connectivity index (χ3v) is 1.46. The predicted octanol–water partition coefficient (Wildman–Crippen LogP) is 1.19. The Balaban J connectivity index is 2.29. The van der Waals surface area contributed by atoms with Gasteiger partial charge < -0.3 is 5.21 Å². The smallest absolute Gasteiger partial charge is 0.453 e. The molecule has 0 atom stereocenters. The number of nitrogens with zero attached hydrogens (tertiary/aromatic N) is 6. The van der Waals surface area contributed by atoms with E-state index in [-0.39, 0.29) is 16.8 Å². The van der Waals surface area contributed by atoms with Crippen LogP contribution < -0.4 is 0 Å². The van der Waals surface area contributed by atoms with Gasteiger partial charge in [0.25, 0.3) is 5.95 Å². The molecule has 2 aromatic heterocycles. The van der Waals surface area contributed by atoms with Gasteiger partial charge in [0.15, 0.2) is 0 Å². The Bertz CT molecular complexity index is 457.